The molecule has 0 amide bonds. The van der Waals surface area contributed by atoms with Gasteiger partial charge in [-0.15, -0.1) is 0 Å². The Morgan fingerprint density at radius 3 is 2.50 bits per heavy atom. The molecule has 1 fully saturated rings. The monoisotopic (exact) mass is 192 g/mol. The summed E-state index contributed by atoms with van der Waals surface area (Å²) in [7, 11) is -2.84. The van der Waals surface area contributed by atoms with Crippen molar-refractivity contribution in [3.63, 3.8) is 0 Å². The maximum atomic E-state index is 10.7. The molecule has 4 heteroatoms. The first kappa shape index (κ1) is 9.99. The summed E-state index contributed by atoms with van der Waals surface area (Å²) in [6, 6.07) is 0. The summed E-state index contributed by atoms with van der Waals surface area (Å²) in [4.78, 5) is 0. The molecule has 72 valence electrons. The van der Waals surface area contributed by atoms with E-state index in [-0.39, 0.29) is 11.9 Å². The average Bonchev–Trinajstić information content (AvgIpc) is 2.64. The first-order valence-electron chi connectivity index (χ1n) is 4.35. The van der Waals surface area contributed by atoms with Crippen LogP contribution in [0, 0.1) is 5.92 Å². The quantitative estimate of drug-likeness (QED) is 0.693. The molecule has 0 radical (unpaired) electrons. The van der Waals surface area contributed by atoms with E-state index in [9.17, 15) is 13.5 Å². The van der Waals surface area contributed by atoms with Gasteiger partial charge in [0, 0.05) is 12.0 Å². The van der Waals surface area contributed by atoms with Gasteiger partial charge in [-0.05, 0) is 31.6 Å². The van der Waals surface area contributed by atoms with Crippen LogP contribution in [0.4, 0.5) is 0 Å². The topological polar surface area (TPSA) is 54.4 Å². The minimum absolute atomic E-state index is 0.205. The van der Waals surface area contributed by atoms with Crippen LogP contribution < -0.4 is 0 Å². The van der Waals surface area contributed by atoms with Gasteiger partial charge in [0.25, 0.3) is 0 Å². The van der Waals surface area contributed by atoms with Crippen molar-refractivity contribution in [1.82, 2.24) is 0 Å². The first-order valence-corrected chi connectivity index (χ1v) is 6.41. The summed E-state index contributed by atoms with van der Waals surface area (Å²) in [6.45, 7) is 0. The third-order valence-corrected chi connectivity index (χ3v) is 3.21. The number of hydrogen-bond donors (Lipinski definition) is 1. The van der Waals surface area contributed by atoms with Crippen LogP contribution in [0.1, 0.15) is 25.7 Å². The second-order valence-electron chi connectivity index (χ2n) is 3.68. The van der Waals surface area contributed by atoms with Crippen LogP contribution in [0.3, 0.4) is 0 Å². The predicted octanol–water partition coefficient (Wildman–Crippen LogP) is 0.582. The van der Waals surface area contributed by atoms with E-state index in [1.165, 1.54) is 6.26 Å². The highest BCUT2D eigenvalue weighted by molar-refractivity contribution is 7.90. The molecule has 1 saturated carbocycles. The molecule has 0 heterocycles. The fourth-order valence-electron chi connectivity index (χ4n) is 1.27. The maximum absolute atomic E-state index is 10.7. The molecule has 1 N–H and O–H groups in total. The minimum Gasteiger partial charge on any atom is -0.393 e. The Morgan fingerprint density at radius 2 is 2.08 bits per heavy atom. The highest BCUT2D eigenvalue weighted by Crippen LogP contribution is 2.34. The fraction of sp³-hybridized carbons (Fsp3) is 1.00. The van der Waals surface area contributed by atoms with E-state index in [2.05, 4.69) is 0 Å². The fourth-order valence-corrected chi connectivity index (χ4v) is 1.96. The van der Waals surface area contributed by atoms with Crippen molar-refractivity contribution >= 4 is 9.84 Å². The molecule has 1 rings (SSSR count). The molecule has 0 saturated heterocycles. The molecule has 1 aliphatic rings. The van der Waals surface area contributed by atoms with Crippen molar-refractivity contribution in [2.24, 2.45) is 5.92 Å². The number of hydrogen-bond acceptors (Lipinski definition) is 3. The van der Waals surface area contributed by atoms with E-state index in [0.717, 1.165) is 12.8 Å². The van der Waals surface area contributed by atoms with Crippen molar-refractivity contribution < 1.29 is 13.5 Å². The molecule has 3 nitrogen and oxygen atoms in total. The van der Waals surface area contributed by atoms with Crippen molar-refractivity contribution in [2.75, 3.05) is 12.0 Å². The Morgan fingerprint density at radius 1 is 1.50 bits per heavy atom. The SMILES string of the molecule is CS(=O)(=O)CCCC(O)C1CC1. The first-order chi connectivity index (χ1) is 5.49. The molecule has 12 heavy (non-hydrogen) atoms. The predicted molar refractivity (Wildman–Crippen MR) is 47.7 cm³/mol. The molecule has 1 aliphatic carbocycles. The van der Waals surface area contributed by atoms with Gasteiger partial charge in [-0.3, -0.25) is 0 Å². The van der Waals surface area contributed by atoms with Gasteiger partial charge < -0.3 is 5.11 Å². The van der Waals surface area contributed by atoms with Crippen LogP contribution in [0.15, 0.2) is 0 Å². The Balaban J connectivity index is 2.09. The van der Waals surface area contributed by atoms with Crippen LogP contribution in [-0.4, -0.2) is 31.6 Å². The summed E-state index contributed by atoms with van der Waals surface area (Å²) in [5.41, 5.74) is 0. The lowest BCUT2D eigenvalue weighted by Gasteiger charge is -2.07. The third-order valence-electron chi connectivity index (χ3n) is 2.18. The minimum atomic E-state index is -2.84. The van der Waals surface area contributed by atoms with Crippen LogP contribution in [-0.2, 0) is 9.84 Å². The van der Waals surface area contributed by atoms with E-state index in [1.807, 2.05) is 0 Å². The molecule has 1 atom stereocenters. The molecule has 1 unspecified atom stereocenters. The zero-order valence-electron chi connectivity index (χ0n) is 7.36. The Labute approximate surface area is 73.7 Å². The lowest BCUT2D eigenvalue weighted by molar-refractivity contribution is 0.141. The molecule has 0 bridgehead atoms. The van der Waals surface area contributed by atoms with Crippen LogP contribution >= 0.6 is 0 Å². The summed E-state index contributed by atoms with van der Waals surface area (Å²) in [5.74, 6) is 0.668. The lowest BCUT2D eigenvalue weighted by atomic mass is 10.1. The van der Waals surface area contributed by atoms with E-state index >= 15 is 0 Å². The second kappa shape index (κ2) is 3.75. The molecule has 0 aromatic rings. The van der Waals surface area contributed by atoms with Gasteiger partial charge in [-0.25, -0.2) is 8.42 Å². The number of rotatable bonds is 5. The molecule has 0 aliphatic heterocycles. The van der Waals surface area contributed by atoms with Gasteiger partial charge in [-0.1, -0.05) is 0 Å². The summed E-state index contributed by atoms with van der Waals surface area (Å²) < 4.78 is 21.4. The standard InChI is InChI=1S/C8H16O3S/c1-12(10,11)6-2-3-8(9)7-4-5-7/h7-9H,2-6H2,1H3. The van der Waals surface area contributed by atoms with Gasteiger partial charge in [-0.2, -0.15) is 0 Å². The van der Waals surface area contributed by atoms with Crippen molar-refractivity contribution in [3.05, 3.63) is 0 Å². The number of sulfone groups is 1. The summed E-state index contributed by atoms with van der Waals surface area (Å²) in [5, 5.41) is 9.39. The number of aliphatic hydroxyl groups is 1. The highest BCUT2D eigenvalue weighted by Gasteiger charge is 2.29. The second-order valence-corrected chi connectivity index (χ2v) is 5.94. The van der Waals surface area contributed by atoms with Crippen LogP contribution in [0.25, 0.3) is 0 Å². The van der Waals surface area contributed by atoms with Gasteiger partial charge >= 0.3 is 0 Å². The average molecular weight is 192 g/mol. The van der Waals surface area contributed by atoms with E-state index in [1.54, 1.807) is 0 Å². The third kappa shape index (κ3) is 4.07. The zero-order chi connectivity index (χ0) is 9.19. The van der Waals surface area contributed by atoms with Crippen molar-refractivity contribution in [1.29, 1.82) is 0 Å². The van der Waals surface area contributed by atoms with Gasteiger partial charge in [0.05, 0.1) is 6.10 Å². The lowest BCUT2D eigenvalue weighted by Crippen LogP contribution is -2.12. The Kier molecular flexibility index (Phi) is 3.12. The molecule has 0 spiro atoms. The van der Waals surface area contributed by atoms with E-state index in [0.29, 0.717) is 18.8 Å². The van der Waals surface area contributed by atoms with Crippen molar-refractivity contribution in [2.45, 2.75) is 31.8 Å². The van der Waals surface area contributed by atoms with Gasteiger partial charge in [0.1, 0.15) is 9.84 Å². The molecule has 0 aromatic carbocycles. The summed E-state index contributed by atoms with van der Waals surface area (Å²) >= 11 is 0. The Hall–Kier alpha value is -0.0900. The molecular formula is C8H16O3S. The molecule has 0 aromatic heterocycles. The normalized spacial score (nSPS) is 20.8. The Bertz CT molecular complexity index is 229. The van der Waals surface area contributed by atoms with Crippen LogP contribution in [0.5, 0.6) is 0 Å². The number of aliphatic hydroxyl groups excluding tert-OH is 1. The summed E-state index contributed by atoms with van der Waals surface area (Å²) in [6.07, 6.45) is 4.43. The van der Waals surface area contributed by atoms with E-state index in [4.69, 9.17) is 0 Å². The molecular weight excluding hydrogens is 176 g/mol. The van der Waals surface area contributed by atoms with Crippen LogP contribution in [0.2, 0.25) is 0 Å². The highest BCUT2D eigenvalue weighted by atomic mass is 32.2. The zero-order valence-corrected chi connectivity index (χ0v) is 8.18. The largest absolute Gasteiger partial charge is 0.393 e. The maximum Gasteiger partial charge on any atom is 0.147 e. The van der Waals surface area contributed by atoms with E-state index < -0.39 is 9.84 Å². The van der Waals surface area contributed by atoms with Gasteiger partial charge in [0.15, 0.2) is 0 Å². The smallest absolute Gasteiger partial charge is 0.147 e. The van der Waals surface area contributed by atoms with Gasteiger partial charge in [0.2, 0.25) is 0 Å². The van der Waals surface area contributed by atoms with Crippen molar-refractivity contribution in [3.8, 4) is 0 Å².